The third kappa shape index (κ3) is 21.0. The molecule has 0 unspecified atom stereocenters. The molecular formula is C64H107N5O39. The number of carbonyl (C=O) groups is 1. The van der Waals surface area contributed by atoms with Crippen molar-refractivity contribution in [3.63, 3.8) is 0 Å². The van der Waals surface area contributed by atoms with E-state index in [1.165, 1.54) is 0 Å². The lowest BCUT2D eigenvalue weighted by Crippen LogP contribution is -2.68. The molecule has 44 nitrogen and oxygen atoms in total. The number of benzene rings is 1. The maximum Gasteiger partial charge on any atom is 0.236 e. The van der Waals surface area contributed by atoms with E-state index in [1.54, 1.807) is 17.0 Å². The second-order valence-corrected chi connectivity index (χ2v) is 27.1. The molecule has 0 aromatic heterocycles. The van der Waals surface area contributed by atoms with Crippen molar-refractivity contribution >= 4 is 5.91 Å². The molecule has 24 N–H and O–H groups in total. The van der Waals surface area contributed by atoms with E-state index in [0.717, 1.165) is 0 Å². The van der Waals surface area contributed by atoms with Gasteiger partial charge in [0.25, 0.3) is 0 Å². The highest BCUT2D eigenvalue weighted by atomic mass is 16.8. The van der Waals surface area contributed by atoms with E-state index < -0.39 is 255 Å². The number of amides is 1. The Morgan fingerprint density at radius 2 is 0.546 bits per heavy atom. The number of nitrogens with one attached hydrogen (secondary N) is 4. The molecule has 22 aliphatic rings. The zero-order valence-electron chi connectivity index (χ0n) is 58.7. The first-order valence-corrected chi connectivity index (χ1v) is 36.0. The highest BCUT2D eigenvalue weighted by molar-refractivity contribution is 5.78. The predicted molar refractivity (Wildman–Crippen MR) is 348 cm³/mol. The van der Waals surface area contributed by atoms with Gasteiger partial charge in [0.15, 0.2) is 55.5 Å². The van der Waals surface area contributed by atoms with Crippen molar-refractivity contribution in [3.05, 3.63) is 24.3 Å². The molecule has 23 rings (SSSR count). The summed E-state index contributed by atoms with van der Waals surface area (Å²) in [7, 11) is 0. The Morgan fingerprint density at radius 1 is 0.306 bits per heavy atom. The number of aliphatic hydroxyl groups is 20. The molecule has 21 saturated heterocycles. The van der Waals surface area contributed by atoms with Crippen LogP contribution >= 0.6 is 0 Å². The summed E-state index contributed by atoms with van der Waals surface area (Å²) in [5, 5.41) is 238. The van der Waals surface area contributed by atoms with Crippen LogP contribution in [0.4, 0.5) is 0 Å². The fourth-order valence-electron chi connectivity index (χ4n) is 13.8. The molecule has 0 spiro atoms. The van der Waals surface area contributed by atoms with E-state index in [0.29, 0.717) is 70.5 Å². The van der Waals surface area contributed by atoms with Crippen molar-refractivity contribution in [3.8, 4) is 11.5 Å². The average Bonchev–Trinajstić information content (AvgIpc) is 0.781. The number of hydrogen-bond donors (Lipinski definition) is 24. The highest BCUT2D eigenvalue weighted by Crippen LogP contribution is 2.39. The largest absolute Gasteiger partial charge is 0.487 e. The number of carbonyl (C=O) groups excluding carboxylic acids is 1. The van der Waals surface area contributed by atoms with Gasteiger partial charge in [-0.05, 0) is 12.1 Å². The van der Waals surface area contributed by atoms with Gasteiger partial charge in [-0.1, -0.05) is 12.1 Å². The van der Waals surface area contributed by atoms with Crippen molar-refractivity contribution in [2.24, 2.45) is 0 Å². The number of ether oxygens (including phenoxy) is 18. The molecule has 22 heterocycles. The van der Waals surface area contributed by atoms with Crippen LogP contribution in [-0.2, 0) is 80.6 Å². The third-order valence-corrected chi connectivity index (χ3v) is 19.8. The molecule has 22 aliphatic heterocycles. The molecule has 0 saturated carbocycles. The Kier molecular flexibility index (Phi) is 33.7. The summed E-state index contributed by atoms with van der Waals surface area (Å²) < 4.78 is 105. The van der Waals surface area contributed by atoms with E-state index in [9.17, 15) is 107 Å². The molecule has 14 bridgehead atoms. The van der Waals surface area contributed by atoms with Crippen molar-refractivity contribution in [2.75, 3.05) is 145 Å². The van der Waals surface area contributed by atoms with Gasteiger partial charge in [-0.3, -0.25) is 4.79 Å². The fourth-order valence-corrected chi connectivity index (χ4v) is 13.8. The van der Waals surface area contributed by atoms with Gasteiger partial charge in [-0.15, -0.1) is 0 Å². The Morgan fingerprint density at radius 3 is 0.815 bits per heavy atom. The van der Waals surface area contributed by atoms with Crippen molar-refractivity contribution in [2.45, 2.75) is 215 Å². The Balaban J connectivity index is 0.798. The van der Waals surface area contributed by atoms with Gasteiger partial charge >= 0.3 is 0 Å². The van der Waals surface area contributed by atoms with Gasteiger partial charge in [-0.2, -0.15) is 0 Å². The second kappa shape index (κ2) is 41.8. The first kappa shape index (κ1) is 87.1. The van der Waals surface area contributed by atoms with Crippen molar-refractivity contribution in [1.82, 2.24) is 26.2 Å². The van der Waals surface area contributed by atoms with E-state index in [-0.39, 0.29) is 52.0 Å². The molecule has 1 amide bonds. The van der Waals surface area contributed by atoms with Crippen LogP contribution in [0.1, 0.15) is 0 Å². The van der Waals surface area contributed by atoms with Gasteiger partial charge in [-0.25, -0.2) is 0 Å². The molecule has 1 aromatic carbocycles. The lowest BCUT2D eigenvalue weighted by Gasteiger charge is -2.50. The smallest absolute Gasteiger partial charge is 0.236 e. The molecule has 21 fully saturated rings. The van der Waals surface area contributed by atoms with Crippen LogP contribution in [0.15, 0.2) is 24.3 Å². The number of fused-ring (bicyclic) bond motifs is 1. The summed E-state index contributed by atoms with van der Waals surface area (Å²) in [5.41, 5.74) is 0. The Labute approximate surface area is 618 Å². The molecule has 44 heteroatoms. The molecule has 108 heavy (non-hydrogen) atoms. The molecule has 0 radical (unpaired) electrons. The van der Waals surface area contributed by atoms with Gasteiger partial charge in [0, 0.05) is 58.9 Å². The van der Waals surface area contributed by atoms with E-state index >= 15 is 0 Å². The number of nitrogens with zero attached hydrogens (tertiary/aromatic N) is 1. The fraction of sp³-hybridized carbons (Fsp3) is 0.891. The topological polar surface area (TPSA) is 639 Å². The second-order valence-electron chi connectivity index (χ2n) is 27.1. The Hall–Kier alpha value is -3.31. The summed E-state index contributed by atoms with van der Waals surface area (Å²) in [6, 6.07) is 7.30. The normalized spacial score (nSPS) is 44.3. The number of aliphatic hydroxyl groups excluding tert-OH is 20. The number of rotatable bonds is 19. The summed E-state index contributed by atoms with van der Waals surface area (Å²) in [6.45, 7) is -1.76. The van der Waals surface area contributed by atoms with Gasteiger partial charge in [0.2, 0.25) is 5.91 Å². The molecule has 622 valence electrons. The van der Waals surface area contributed by atoms with Crippen molar-refractivity contribution < 1.29 is 192 Å². The first-order valence-electron chi connectivity index (χ1n) is 36.0. The molecular weight excluding hydrogens is 1460 g/mol. The van der Waals surface area contributed by atoms with E-state index in [1.807, 2.05) is 12.1 Å². The maximum atomic E-state index is 13.2. The van der Waals surface area contributed by atoms with Gasteiger partial charge < -0.3 is 214 Å². The third-order valence-electron chi connectivity index (χ3n) is 19.8. The maximum absolute atomic E-state index is 13.2. The zero-order valence-corrected chi connectivity index (χ0v) is 58.7. The minimum absolute atomic E-state index is 0.0603. The molecule has 1 aromatic rings. The van der Waals surface area contributed by atoms with Crippen LogP contribution in [0.5, 0.6) is 11.5 Å². The number of hydrogen-bond acceptors (Lipinski definition) is 43. The summed E-state index contributed by atoms with van der Waals surface area (Å²) in [4.78, 5) is 14.9. The predicted octanol–water partition coefficient (Wildman–Crippen LogP) is -15.5. The van der Waals surface area contributed by atoms with Crippen LogP contribution in [0, 0.1) is 0 Å². The average molecular weight is 1570 g/mol. The molecule has 35 atom stereocenters. The lowest BCUT2D eigenvalue weighted by molar-refractivity contribution is -0.396. The summed E-state index contributed by atoms with van der Waals surface area (Å²) in [5.74, 6) is 1.04. The zero-order chi connectivity index (χ0) is 77.5. The van der Waals surface area contributed by atoms with E-state index in [2.05, 4.69) is 21.3 Å². The van der Waals surface area contributed by atoms with Crippen LogP contribution in [0.2, 0.25) is 0 Å². The minimum atomic E-state index is -2.23. The molecule has 0 aliphatic carbocycles. The van der Waals surface area contributed by atoms with Crippen LogP contribution in [0.25, 0.3) is 0 Å². The van der Waals surface area contributed by atoms with Crippen LogP contribution in [0.3, 0.4) is 0 Å². The minimum Gasteiger partial charge on any atom is -0.487 e. The van der Waals surface area contributed by atoms with Gasteiger partial charge in [0.05, 0.1) is 72.6 Å². The highest BCUT2D eigenvalue weighted by Gasteiger charge is 2.60. The van der Waals surface area contributed by atoms with Gasteiger partial charge in [0.1, 0.15) is 184 Å². The number of para-hydroxylation sites is 2. The van der Waals surface area contributed by atoms with Crippen LogP contribution < -0.4 is 30.7 Å². The standard InChI is InChI=1S/C64H107N5O39/c70-21-30-52-39(79)46(86)60(97-30)105-54-32(23-72)99-62(48(88)41(54)81)107-56-34(25-74)101-64(50(90)43(56)83)108-57-35(26-75)100-63(49(89)42(57)82)106-55-33(24-73)98-61(47(87)40(55)80)104-53-31(22-71)96-59(45(85)38(53)78)102-51-29(95-58(103-52)44(84)37(51)77)19-67-9-7-65-5-6-66-8-10-68-20-36(76)69-11-13-91-15-17-93-27-3-1-2-4-28(27)94-18-16-92-14-12-69/h1-4,29-35,37-68,70-75,77-90H,5-26H2/t29-,30-,31-,32-,33-,34-,35-,37-,38-,39-,40-,41-,42-,43-,44-,45-,46-,47-,48-,49-,50-,51-,52-,53-,54-,55-,56-,57-,58-,59-,60-,61-,62-,63-,64-/m1/s1. The monoisotopic (exact) mass is 1570 g/mol. The quantitative estimate of drug-likeness (QED) is 0.0572. The van der Waals surface area contributed by atoms with Crippen molar-refractivity contribution in [1.29, 1.82) is 0 Å². The first-order chi connectivity index (χ1) is 52.0. The SMILES string of the molecule is O=C(CNCCNCCNCCNC[C@H]1O[C@@H]2O[C@H]3[C@H](O)[C@@H](O)[C@@H](O[C@H]4[C@H](O)[C@@H](O)[C@@H](O[C@H]5[C@H](O)[C@@H](O)[C@@H](O[C@H]6[C@H](O)[C@@H](O)[C@@H](O[C@H]7[C@H](O)[C@@H](O)[C@@H](O[C@H]8[C@H](O)[C@@H](O)[C@@H](O[C@H]1[C@H](O)[C@H]2O)O[C@@H]8CO)O[C@@H]7CO)O[C@@H]6CO)O[C@@H]5CO)O[C@@H]4CO)O[C@@H]3CO)N1CCOCCOc2ccccc2OCCOCC1. The summed E-state index contributed by atoms with van der Waals surface area (Å²) in [6.07, 6.45) is -70.2. The lowest BCUT2D eigenvalue weighted by atomic mass is 9.95. The summed E-state index contributed by atoms with van der Waals surface area (Å²) >= 11 is 0. The Bertz CT molecular complexity index is 2750. The van der Waals surface area contributed by atoms with E-state index in [4.69, 9.17) is 85.3 Å². The van der Waals surface area contributed by atoms with Crippen LogP contribution in [-0.4, -0.2) is 473 Å².